The number of halogens is 3. The van der Waals surface area contributed by atoms with E-state index in [0.717, 1.165) is 68.0 Å². The average Bonchev–Trinajstić information content (AvgIpc) is 2.80. The second-order valence-corrected chi connectivity index (χ2v) is 9.31. The van der Waals surface area contributed by atoms with Crippen LogP contribution in [0.15, 0.2) is 24.5 Å². The smallest absolute Gasteiger partial charge is 0.419 e. The topological polar surface area (TPSA) is 93.4 Å². The highest BCUT2D eigenvalue weighted by Gasteiger charge is 2.32. The van der Waals surface area contributed by atoms with Gasteiger partial charge in [0, 0.05) is 43.6 Å². The largest absolute Gasteiger partial charge is 0.494 e. The van der Waals surface area contributed by atoms with Crippen molar-refractivity contribution in [3.63, 3.8) is 0 Å². The fraction of sp³-hybridized carbons (Fsp3) is 0.560. The highest BCUT2D eigenvalue weighted by atomic mass is 19.4. The van der Waals surface area contributed by atoms with Crippen molar-refractivity contribution in [1.82, 2.24) is 15.3 Å². The van der Waals surface area contributed by atoms with Crippen LogP contribution >= 0.6 is 0 Å². The summed E-state index contributed by atoms with van der Waals surface area (Å²) in [5.41, 5.74) is 7.26. The molecule has 0 bridgehead atoms. The quantitative estimate of drug-likeness (QED) is 0.507. The number of benzene rings is 1. The second-order valence-electron chi connectivity index (χ2n) is 9.31. The molecule has 0 spiro atoms. The molecule has 0 saturated carbocycles. The molecule has 1 aromatic carbocycles. The Bertz CT molecular complexity index is 965. The lowest BCUT2D eigenvalue weighted by molar-refractivity contribution is -0.138. The van der Waals surface area contributed by atoms with Crippen LogP contribution in [-0.2, 0) is 6.18 Å². The fourth-order valence-electron chi connectivity index (χ4n) is 4.32. The van der Waals surface area contributed by atoms with Crippen molar-refractivity contribution in [1.29, 1.82) is 0 Å². The van der Waals surface area contributed by atoms with Gasteiger partial charge in [0.2, 0.25) is 5.95 Å². The number of aryl methyl sites for hydroxylation is 2. The van der Waals surface area contributed by atoms with E-state index in [0.29, 0.717) is 30.6 Å². The molecule has 192 valence electrons. The van der Waals surface area contributed by atoms with E-state index in [2.05, 4.69) is 15.3 Å². The van der Waals surface area contributed by atoms with Crippen molar-refractivity contribution in [2.75, 3.05) is 31.1 Å². The molecule has 3 N–H and O–H groups in total. The van der Waals surface area contributed by atoms with E-state index in [4.69, 9.17) is 10.5 Å². The molecule has 0 radical (unpaired) electrons. The van der Waals surface area contributed by atoms with Crippen LogP contribution < -0.4 is 20.7 Å². The van der Waals surface area contributed by atoms with Crippen LogP contribution in [0.5, 0.6) is 5.75 Å². The summed E-state index contributed by atoms with van der Waals surface area (Å²) in [5.74, 6) is 1.50. The van der Waals surface area contributed by atoms with Gasteiger partial charge < -0.3 is 20.7 Å². The predicted molar refractivity (Wildman–Crippen MR) is 129 cm³/mol. The number of hydrogen-bond donors (Lipinski definition) is 2. The Labute approximate surface area is 204 Å². The molecular formula is C25H34F3N5O2. The minimum atomic E-state index is -4.43. The molecule has 10 heteroatoms. The van der Waals surface area contributed by atoms with Crippen molar-refractivity contribution in [2.24, 2.45) is 11.7 Å². The first-order valence-corrected chi connectivity index (χ1v) is 12.0. The van der Waals surface area contributed by atoms with Gasteiger partial charge in [-0.1, -0.05) is 0 Å². The van der Waals surface area contributed by atoms with Crippen LogP contribution in [0.25, 0.3) is 0 Å². The minimum absolute atomic E-state index is 0.104. The molecule has 35 heavy (non-hydrogen) atoms. The molecule has 1 atom stereocenters. The number of nitrogens with two attached hydrogens (primary N) is 1. The lowest BCUT2D eigenvalue weighted by Gasteiger charge is -2.32. The van der Waals surface area contributed by atoms with Gasteiger partial charge in [-0.15, -0.1) is 0 Å². The molecule has 1 aliphatic rings. The number of piperidine rings is 1. The number of hydrogen-bond acceptors (Lipinski definition) is 6. The summed E-state index contributed by atoms with van der Waals surface area (Å²) in [6, 6.07) is 3.67. The maximum atomic E-state index is 12.7. The van der Waals surface area contributed by atoms with Crippen LogP contribution in [0, 0.1) is 19.8 Å². The van der Waals surface area contributed by atoms with Crippen molar-refractivity contribution in [3.8, 4) is 5.75 Å². The van der Waals surface area contributed by atoms with Gasteiger partial charge in [-0.05, 0) is 75.6 Å². The van der Waals surface area contributed by atoms with Crippen LogP contribution in [0.4, 0.5) is 19.1 Å². The second kappa shape index (κ2) is 11.7. The zero-order valence-corrected chi connectivity index (χ0v) is 20.5. The van der Waals surface area contributed by atoms with Crippen molar-refractivity contribution < 1.29 is 22.7 Å². The first-order valence-electron chi connectivity index (χ1n) is 12.0. The Hall–Kier alpha value is -2.88. The molecule has 1 aromatic heterocycles. The van der Waals surface area contributed by atoms with E-state index >= 15 is 0 Å². The number of rotatable bonds is 9. The van der Waals surface area contributed by atoms with E-state index in [9.17, 15) is 18.0 Å². The van der Waals surface area contributed by atoms with Gasteiger partial charge in [0.1, 0.15) is 5.75 Å². The zero-order valence-electron chi connectivity index (χ0n) is 20.5. The van der Waals surface area contributed by atoms with Gasteiger partial charge >= 0.3 is 6.18 Å². The molecule has 1 fully saturated rings. The summed E-state index contributed by atoms with van der Waals surface area (Å²) in [6.07, 6.45) is 1.05. The van der Waals surface area contributed by atoms with E-state index in [-0.39, 0.29) is 11.9 Å². The van der Waals surface area contributed by atoms with Crippen LogP contribution in [0.1, 0.15) is 59.7 Å². The van der Waals surface area contributed by atoms with E-state index in [1.807, 2.05) is 37.8 Å². The normalized spacial score (nSPS) is 15.7. The summed E-state index contributed by atoms with van der Waals surface area (Å²) < 4.78 is 44.0. The molecule has 0 aliphatic carbocycles. The third kappa shape index (κ3) is 7.55. The third-order valence-corrected chi connectivity index (χ3v) is 6.21. The highest BCUT2D eigenvalue weighted by molar-refractivity contribution is 5.97. The first kappa shape index (κ1) is 26.7. The summed E-state index contributed by atoms with van der Waals surface area (Å²) in [5, 5.41) is 2.85. The number of nitrogens with one attached hydrogen (secondary N) is 1. The molecule has 3 rings (SSSR count). The summed E-state index contributed by atoms with van der Waals surface area (Å²) >= 11 is 0. The molecule has 1 saturated heterocycles. The molecule has 2 aromatic rings. The van der Waals surface area contributed by atoms with Crippen molar-refractivity contribution in [3.05, 3.63) is 46.8 Å². The molecule has 7 nitrogen and oxygen atoms in total. The maximum absolute atomic E-state index is 12.7. The third-order valence-electron chi connectivity index (χ3n) is 6.21. The Balaban J connectivity index is 1.41. The fourth-order valence-corrected chi connectivity index (χ4v) is 4.32. The first-order chi connectivity index (χ1) is 16.5. The number of amides is 1. The van der Waals surface area contributed by atoms with Crippen molar-refractivity contribution in [2.45, 2.75) is 58.7 Å². The number of carbonyl (C=O) groups excluding carboxylic acids is 1. The Morgan fingerprint density at radius 3 is 2.34 bits per heavy atom. The Kier molecular flexibility index (Phi) is 8.93. The maximum Gasteiger partial charge on any atom is 0.419 e. The number of carbonyl (C=O) groups is 1. The highest BCUT2D eigenvalue weighted by Crippen LogP contribution is 2.29. The SMILES string of the molecule is Cc1cc(OCCCC2CCN(c3ncc(C(F)(F)F)cn3)CC2)cc(C)c1C(=O)NC[C@H](C)N. The summed E-state index contributed by atoms with van der Waals surface area (Å²) in [7, 11) is 0. The average molecular weight is 494 g/mol. The molecule has 0 unspecified atom stereocenters. The molecule has 1 aliphatic heterocycles. The lowest BCUT2D eigenvalue weighted by Crippen LogP contribution is -2.35. The van der Waals surface area contributed by atoms with Gasteiger partial charge in [0.05, 0.1) is 12.2 Å². The molecule has 1 amide bonds. The molecule has 2 heterocycles. The van der Waals surface area contributed by atoms with E-state index in [1.165, 1.54) is 0 Å². The van der Waals surface area contributed by atoms with Gasteiger partial charge in [-0.3, -0.25) is 4.79 Å². The Morgan fingerprint density at radius 1 is 1.20 bits per heavy atom. The minimum Gasteiger partial charge on any atom is -0.494 e. The summed E-state index contributed by atoms with van der Waals surface area (Å²) in [6.45, 7) is 8.09. The number of alkyl halides is 3. The van der Waals surface area contributed by atoms with Crippen LogP contribution in [0.2, 0.25) is 0 Å². The number of aromatic nitrogens is 2. The van der Waals surface area contributed by atoms with E-state index < -0.39 is 11.7 Å². The Morgan fingerprint density at radius 2 is 1.80 bits per heavy atom. The molecular weight excluding hydrogens is 459 g/mol. The monoisotopic (exact) mass is 493 g/mol. The standard InChI is InChI=1S/C25H34F3N5O2/c1-16-11-21(12-17(2)22(16)23(34)30-13-18(3)29)35-10-4-5-19-6-8-33(9-7-19)24-31-14-20(15-32-24)25(26,27)28/h11-12,14-15,18-19H,4-10,13,29H2,1-3H3,(H,30,34)/t18-/m0/s1. The van der Waals surface area contributed by atoms with Crippen molar-refractivity contribution >= 4 is 11.9 Å². The van der Waals surface area contributed by atoms with Gasteiger partial charge in [0.25, 0.3) is 5.91 Å². The van der Waals surface area contributed by atoms with Crippen LogP contribution in [0.3, 0.4) is 0 Å². The predicted octanol–water partition coefficient (Wildman–Crippen LogP) is 4.26. The number of nitrogens with zero attached hydrogens (tertiary/aromatic N) is 3. The summed E-state index contributed by atoms with van der Waals surface area (Å²) in [4.78, 5) is 22.2. The van der Waals surface area contributed by atoms with Crippen LogP contribution in [-0.4, -0.2) is 48.2 Å². The van der Waals surface area contributed by atoms with E-state index in [1.54, 1.807) is 0 Å². The number of ether oxygens (including phenoxy) is 1. The lowest BCUT2D eigenvalue weighted by atomic mass is 9.92. The number of anilines is 1. The zero-order chi connectivity index (χ0) is 25.6. The van der Waals surface area contributed by atoms with Gasteiger partial charge in [0.15, 0.2) is 0 Å². The van der Waals surface area contributed by atoms with Gasteiger partial charge in [-0.25, -0.2) is 9.97 Å². The van der Waals surface area contributed by atoms with Gasteiger partial charge in [-0.2, -0.15) is 13.2 Å².